The molecule has 0 unspecified atom stereocenters. The first-order valence-corrected chi connectivity index (χ1v) is 7.52. The van der Waals surface area contributed by atoms with E-state index < -0.39 is 23.0 Å². The number of pyridine rings is 1. The smallest absolute Gasteiger partial charge is 0.343 e. The molecule has 8 heteroatoms. The van der Waals surface area contributed by atoms with Crippen molar-refractivity contribution in [2.75, 3.05) is 6.61 Å². The van der Waals surface area contributed by atoms with Crippen molar-refractivity contribution < 1.29 is 18.3 Å². The first-order chi connectivity index (χ1) is 11.0. The van der Waals surface area contributed by atoms with Gasteiger partial charge in [-0.25, -0.2) is 18.6 Å². The van der Waals surface area contributed by atoms with Crippen LogP contribution >= 0.6 is 11.3 Å². The van der Waals surface area contributed by atoms with Crippen LogP contribution in [0.25, 0.3) is 16.0 Å². The number of rotatable bonds is 3. The van der Waals surface area contributed by atoms with Crippen LogP contribution in [0.2, 0.25) is 0 Å². The molecule has 0 saturated carbocycles. The Hall–Kier alpha value is -2.61. The van der Waals surface area contributed by atoms with Gasteiger partial charge >= 0.3 is 5.97 Å². The third kappa shape index (κ3) is 2.61. The predicted octanol–water partition coefficient (Wildman–Crippen LogP) is 2.90. The largest absolute Gasteiger partial charge is 0.462 e. The van der Waals surface area contributed by atoms with Crippen LogP contribution in [-0.2, 0) is 4.74 Å². The normalized spacial score (nSPS) is 10.9. The highest BCUT2D eigenvalue weighted by molar-refractivity contribution is 7.12. The number of ether oxygens (including phenoxy) is 1. The highest BCUT2D eigenvalue weighted by Crippen LogP contribution is 2.22. The summed E-state index contributed by atoms with van der Waals surface area (Å²) < 4.78 is 33.3. The molecule has 5 nitrogen and oxygen atoms in total. The Morgan fingerprint density at radius 1 is 1.35 bits per heavy atom. The number of carbonyl (C=O) groups excluding carboxylic acids is 1. The molecule has 118 valence electrons. The molecular formula is C15H10F2N2O3S. The zero-order valence-corrected chi connectivity index (χ0v) is 12.7. The van der Waals surface area contributed by atoms with Crippen LogP contribution in [0.4, 0.5) is 8.78 Å². The van der Waals surface area contributed by atoms with Gasteiger partial charge in [-0.1, -0.05) is 0 Å². The van der Waals surface area contributed by atoms with Crippen molar-refractivity contribution in [1.29, 1.82) is 0 Å². The molecule has 3 rings (SSSR count). The van der Waals surface area contributed by atoms with E-state index in [9.17, 15) is 18.4 Å². The van der Waals surface area contributed by atoms with E-state index in [1.54, 1.807) is 12.3 Å². The number of nitrogens with zero attached hydrogens (tertiary/aromatic N) is 2. The van der Waals surface area contributed by atoms with E-state index in [1.807, 2.05) is 0 Å². The van der Waals surface area contributed by atoms with Gasteiger partial charge in [0.05, 0.1) is 17.5 Å². The number of carbonyl (C=O) groups is 1. The maximum absolute atomic E-state index is 13.6. The average molecular weight is 336 g/mol. The lowest BCUT2D eigenvalue weighted by Crippen LogP contribution is -2.20. The van der Waals surface area contributed by atoms with Gasteiger partial charge in [-0.3, -0.25) is 9.36 Å². The fourth-order valence-corrected chi connectivity index (χ4v) is 2.80. The predicted molar refractivity (Wildman–Crippen MR) is 81.1 cm³/mol. The summed E-state index contributed by atoms with van der Waals surface area (Å²) in [5.74, 6) is -3.08. The quantitative estimate of drug-likeness (QED) is 0.690. The van der Waals surface area contributed by atoms with E-state index in [1.165, 1.54) is 28.3 Å². The van der Waals surface area contributed by atoms with E-state index in [0.717, 1.165) is 12.1 Å². The van der Waals surface area contributed by atoms with Crippen molar-refractivity contribution in [2.45, 2.75) is 6.92 Å². The summed E-state index contributed by atoms with van der Waals surface area (Å²) in [4.78, 5) is 28.4. The maximum atomic E-state index is 13.6. The van der Waals surface area contributed by atoms with Gasteiger partial charge in [-0.05, 0) is 13.0 Å². The van der Waals surface area contributed by atoms with Crippen molar-refractivity contribution in [1.82, 2.24) is 9.55 Å². The fourth-order valence-electron chi connectivity index (χ4n) is 2.17. The monoisotopic (exact) mass is 336 g/mol. The van der Waals surface area contributed by atoms with Crippen molar-refractivity contribution in [3.8, 4) is 5.13 Å². The van der Waals surface area contributed by atoms with Crippen molar-refractivity contribution in [2.24, 2.45) is 0 Å². The van der Waals surface area contributed by atoms with Crippen LogP contribution in [0.1, 0.15) is 17.3 Å². The molecule has 0 bridgehead atoms. The highest BCUT2D eigenvalue weighted by atomic mass is 32.1. The summed E-state index contributed by atoms with van der Waals surface area (Å²) in [5.41, 5.74) is -0.859. The van der Waals surface area contributed by atoms with Gasteiger partial charge in [-0.2, -0.15) is 0 Å². The van der Waals surface area contributed by atoms with Crippen LogP contribution in [0.15, 0.2) is 34.7 Å². The summed E-state index contributed by atoms with van der Waals surface area (Å²) in [5, 5.41) is 1.97. The Labute approximate surface area is 132 Å². The summed E-state index contributed by atoms with van der Waals surface area (Å²) in [6.45, 7) is 1.69. The lowest BCUT2D eigenvalue weighted by Gasteiger charge is -2.11. The Morgan fingerprint density at radius 3 is 2.74 bits per heavy atom. The molecule has 3 aromatic rings. The number of aromatic nitrogens is 2. The van der Waals surface area contributed by atoms with Gasteiger partial charge in [0.1, 0.15) is 5.56 Å². The number of hydrogen-bond donors (Lipinski definition) is 0. The second-order valence-corrected chi connectivity index (χ2v) is 5.43. The first-order valence-electron chi connectivity index (χ1n) is 6.64. The molecule has 0 N–H and O–H groups in total. The SMILES string of the molecule is CCOC(=O)c1cn(-c2nccs2)c2cc(F)c(F)cc2c1=O. The number of esters is 1. The molecule has 0 aliphatic rings. The summed E-state index contributed by atoms with van der Waals surface area (Å²) in [6, 6.07) is 1.68. The van der Waals surface area contributed by atoms with E-state index in [-0.39, 0.29) is 23.1 Å². The average Bonchev–Trinajstić information content (AvgIpc) is 3.04. The van der Waals surface area contributed by atoms with Crippen LogP contribution in [0, 0.1) is 11.6 Å². The Kier molecular flexibility index (Phi) is 3.91. The summed E-state index contributed by atoms with van der Waals surface area (Å²) in [7, 11) is 0. The number of benzene rings is 1. The fraction of sp³-hybridized carbons (Fsp3) is 0.133. The van der Waals surface area contributed by atoms with E-state index >= 15 is 0 Å². The molecule has 0 aliphatic carbocycles. The minimum Gasteiger partial charge on any atom is -0.462 e. The Morgan fingerprint density at radius 2 is 2.09 bits per heavy atom. The molecule has 0 radical (unpaired) electrons. The topological polar surface area (TPSA) is 61.2 Å². The first kappa shape index (κ1) is 15.3. The van der Waals surface area contributed by atoms with Gasteiger partial charge < -0.3 is 4.74 Å². The minimum atomic E-state index is -1.17. The van der Waals surface area contributed by atoms with Gasteiger partial charge in [0.25, 0.3) is 0 Å². The second kappa shape index (κ2) is 5.88. The molecule has 0 amide bonds. The van der Waals surface area contributed by atoms with Crippen LogP contribution in [0.5, 0.6) is 0 Å². The summed E-state index contributed by atoms with van der Waals surface area (Å²) in [6.07, 6.45) is 2.76. The lowest BCUT2D eigenvalue weighted by molar-refractivity contribution is 0.0524. The molecule has 23 heavy (non-hydrogen) atoms. The van der Waals surface area contributed by atoms with E-state index in [0.29, 0.717) is 5.13 Å². The zero-order chi connectivity index (χ0) is 16.6. The molecule has 0 aliphatic heterocycles. The zero-order valence-electron chi connectivity index (χ0n) is 11.9. The molecule has 0 spiro atoms. The van der Waals surface area contributed by atoms with Gasteiger partial charge in [0.15, 0.2) is 16.8 Å². The Bertz CT molecular complexity index is 952. The van der Waals surface area contributed by atoms with Gasteiger partial charge in [-0.15, -0.1) is 11.3 Å². The number of hydrogen-bond acceptors (Lipinski definition) is 5. The molecule has 0 saturated heterocycles. The van der Waals surface area contributed by atoms with Crippen LogP contribution in [-0.4, -0.2) is 22.1 Å². The standard InChI is InChI=1S/C15H10F2N2O3S/c1-2-22-14(21)9-7-19(15-18-3-4-23-15)12-6-11(17)10(16)5-8(12)13(9)20/h3-7H,2H2,1H3. The van der Waals surface area contributed by atoms with Crippen LogP contribution < -0.4 is 5.43 Å². The van der Waals surface area contributed by atoms with Gasteiger partial charge in [0, 0.05) is 23.8 Å². The van der Waals surface area contributed by atoms with E-state index in [4.69, 9.17) is 4.74 Å². The molecule has 1 aromatic carbocycles. The third-order valence-electron chi connectivity index (χ3n) is 3.17. The highest BCUT2D eigenvalue weighted by Gasteiger charge is 2.19. The second-order valence-electron chi connectivity index (χ2n) is 4.56. The number of halogens is 2. The number of thiazole rings is 1. The molecule has 0 fully saturated rings. The lowest BCUT2D eigenvalue weighted by atomic mass is 10.1. The van der Waals surface area contributed by atoms with Crippen molar-refractivity contribution in [3.05, 3.63) is 57.3 Å². The van der Waals surface area contributed by atoms with Crippen molar-refractivity contribution >= 4 is 28.2 Å². The Balaban J connectivity index is 2.40. The van der Waals surface area contributed by atoms with E-state index in [2.05, 4.69) is 4.98 Å². The summed E-state index contributed by atoms with van der Waals surface area (Å²) >= 11 is 1.22. The maximum Gasteiger partial charge on any atom is 0.343 e. The minimum absolute atomic E-state index is 0.0886. The molecule has 2 heterocycles. The van der Waals surface area contributed by atoms with Crippen LogP contribution in [0.3, 0.4) is 0 Å². The van der Waals surface area contributed by atoms with Gasteiger partial charge in [0.2, 0.25) is 5.43 Å². The van der Waals surface area contributed by atoms with Crippen molar-refractivity contribution in [3.63, 3.8) is 0 Å². The third-order valence-corrected chi connectivity index (χ3v) is 3.94. The number of fused-ring (bicyclic) bond motifs is 1. The molecule has 2 aromatic heterocycles. The molecular weight excluding hydrogens is 326 g/mol. The molecule has 0 atom stereocenters.